The molecule has 0 fully saturated rings. The molecule has 4 rings (SSSR count). The molecular formula is C26H25N3O7S. The zero-order valence-corrected chi connectivity index (χ0v) is 21.8. The van der Waals surface area contributed by atoms with Crippen molar-refractivity contribution in [3.63, 3.8) is 0 Å². The molecule has 0 aliphatic carbocycles. The summed E-state index contributed by atoms with van der Waals surface area (Å²) < 4.78 is 22.9. The number of aromatic nitrogens is 1. The topological polar surface area (TPSA) is 118 Å². The first-order valence-electron chi connectivity index (χ1n) is 11.3. The number of ether oxygens (including phenoxy) is 4. The molecule has 0 bridgehead atoms. The number of carbonyl (C=O) groups excluding carboxylic acids is 1. The number of carbonyl (C=O) groups is 1. The van der Waals surface area contributed by atoms with Gasteiger partial charge in [0.1, 0.15) is 11.4 Å². The number of esters is 1. The smallest absolute Gasteiger partial charge is 0.338 e. The van der Waals surface area contributed by atoms with Gasteiger partial charge in [0.15, 0.2) is 16.3 Å². The number of fused-ring (bicyclic) bond motifs is 1. The highest BCUT2D eigenvalue weighted by Gasteiger charge is 2.33. The minimum atomic E-state index is -0.766. The Kier molecular flexibility index (Phi) is 7.53. The lowest BCUT2D eigenvalue weighted by Gasteiger charge is -2.24. The highest BCUT2D eigenvalue weighted by molar-refractivity contribution is 7.07. The molecule has 1 aliphatic heterocycles. The Morgan fingerprint density at radius 2 is 1.78 bits per heavy atom. The van der Waals surface area contributed by atoms with Gasteiger partial charge in [-0.15, -0.1) is 4.91 Å². The Bertz CT molecular complexity index is 1570. The third kappa shape index (κ3) is 4.77. The summed E-state index contributed by atoms with van der Waals surface area (Å²) in [4.78, 5) is 43.2. The molecule has 0 N–H and O–H groups in total. The summed E-state index contributed by atoms with van der Waals surface area (Å²) in [6.07, 6.45) is 1.55. The molecule has 1 aromatic heterocycles. The van der Waals surface area contributed by atoms with Gasteiger partial charge in [-0.05, 0) is 48.9 Å². The number of nitrogens with zero attached hydrogens (tertiary/aromatic N) is 3. The van der Waals surface area contributed by atoms with Crippen molar-refractivity contribution in [2.75, 3.05) is 27.9 Å². The van der Waals surface area contributed by atoms with Crippen molar-refractivity contribution in [1.29, 1.82) is 0 Å². The number of benzene rings is 2. The first-order chi connectivity index (χ1) is 17.9. The molecule has 0 saturated carbocycles. The average Bonchev–Trinajstić information content (AvgIpc) is 3.21. The Morgan fingerprint density at radius 3 is 2.38 bits per heavy atom. The van der Waals surface area contributed by atoms with Crippen molar-refractivity contribution in [3.8, 4) is 17.2 Å². The zero-order chi connectivity index (χ0) is 26.7. The van der Waals surface area contributed by atoms with E-state index in [-0.39, 0.29) is 23.4 Å². The third-order valence-electron chi connectivity index (χ3n) is 5.87. The molecule has 3 aromatic rings. The zero-order valence-electron chi connectivity index (χ0n) is 20.9. The number of nitroso groups, excluding NO2 is 1. The van der Waals surface area contributed by atoms with Gasteiger partial charge in [0, 0.05) is 11.6 Å². The van der Waals surface area contributed by atoms with Crippen LogP contribution >= 0.6 is 11.3 Å². The van der Waals surface area contributed by atoms with E-state index < -0.39 is 12.0 Å². The summed E-state index contributed by atoms with van der Waals surface area (Å²) in [6, 6.07) is 9.35. The van der Waals surface area contributed by atoms with Gasteiger partial charge in [-0.25, -0.2) is 9.79 Å². The fourth-order valence-electron chi connectivity index (χ4n) is 4.11. The summed E-state index contributed by atoms with van der Waals surface area (Å²) in [5.41, 5.74) is 1.48. The predicted molar refractivity (Wildman–Crippen MR) is 138 cm³/mol. The van der Waals surface area contributed by atoms with E-state index in [1.54, 1.807) is 57.4 Å². The highest BCUT2D eigenvalue weighted by Crippen LogP contribution is 2.35. The maximum atomic E-state index is 13.8. The Hall–Kier alpha value is -4.25. The normalized spacial score (nSPS) is 15.1. The lowest BCUT2D eigenvalue weighted by molar-refractivity contribution is -0.139. The summed E-state index contributed by atoms with van der Waals surface area (Å²) in [7, 11) is 4.48. The second-order valence-corrected chi connectivity index (χ2v) is 8.94. The SMILES string of the molecule is CCOC(=O)C1=C(C)N=c2s/c(=C\c3cc(OC)c(OC)cc3N=O)c(=O)n2C1c1ccc(OC)cc1. The van der Waals surface area contributed by atoms with Crippen LogP contribution in [0.15, 0.2) is 62.6 Å². The van der Waals surface area contributed by atoms with Crippen LogP contribution in [0.3, 0.4) is 0 Å². The number of allylic oxidation sites excluding steroid dienone is 1. The number of methoxy groups -OCH3 is 3. The van der Waals surface area contributed by atoms with Crippen molar-refractivity contribution in [2.24, 2.45) is 10.2 Å². The minimum Gasteiger partial charge on any atom is -0.497 e. The molecule has 0 saturated heterocycles. The van der Waals surface area contributed by atoms with Gasteiger partial charge >= 0.3 is 5.97 Å². The molecule has 11 heteroatoms. The predicted octanol–water partition coefficient (Wildman–Crippen LogP) is 3.22. The van der Waals surface area contributed by atoms with Crippen molar-refractivity contribution < 1.29 is 23.7 Å². The van der Waals surface area contributed by atoms with Gasteiger partial charge in [-0.1, -0.05) is 23.5 Å². The van der Waals surface area contributed by atoms with Crippen molar-refractivity contribution in [2.45, 2.75) is 19.9 Å². The van der Waals surface area contributed by atoms with Crippen LogP contribution in [0.4, 0.5) is 5.69 Å². The van der Waals surface area contributed by atoms with Crippen LogP contribution in [0.1, 0.15) is 31.0 Å². The summed E-state index contributed by atoms with van der Waals surface area (Å²) >= 11 is 1.14. The molecule has 2 aromatic carbocycles. The molecule has 192 valence electrons. The standard InChI is InChI=1S/C26H25N3O7S/c1-6-36-25(31)22-14(2)27-26-29(23(22)15-7-9-17(33-3)10-8-15)24(30)21(37-26)12-16-11-19(34-4)20(35-5)13-18(16)28-32/h7-13,23H,6H2,1-5H3/b21-12-. The molecule has 1 atom stereocenters. The number of thiazole rings is 1. The van der Waals surface area contributed by atoms with Crippen LogP contribution < -0.4 is 29.1 Å². The Balaban J connectivity index is 1.96. The lowest BCUT2D eigenvalue weighted by Crippen LogP contribution is -2.39. The summed E-state index contributed by atoms with van der Waals surface area (Å²) in [5, 5.41) is 3.08. The molecule has 1 aliphatic rings. The largest absolute Gasteiger partial charge is 0.497 e. The summed E-state index contributed by atoms with van der Waals surface area (Å²) in [5.74, 6) is 0.804. The molecule has 2 heterocycles. The van der Waals surface area contributed by atoms with Gasteiger partial charge < -0.3 is 18.9 Å². The third-order valence-corrected chi connectivity index (χ3v) is 6.85. The monoisotopic (exact) mass is 523 g/mol. The Morgan fingerprint density at radius 1 is 1.11 bits per heavy atom. The number of rotatable bonds is 8. The highest BCUT2D eigenvalue weighted by atomic mass is 32.1. The summed E-state index contributed by atoms with van der Waals surface area (Å²) in [6.45, 7) is 3.60. The minimum absolute atomic E-state index is 0.0820. The van der Waals surface area contributed by atoms with E-state index in [9.17, 15) is 14.5 Å². The van der Waals surface area contributed by atoms with E-state index in [4.69, 9.17) is 18.9 Å². The van der Waals surface area contributed by atoms with Gasteiger partial charge in [0.05, 0.1) is 49.8 Å². The van der Waals surface area contributed by atoms with Crippen LogP contribution in [0.5, 0.6) is 17.2 Å². The van der Waals surface area contributed by atoms with Crippen LogP contribution in [0.2, 0.25) is 0 Å². The van der Waals surface area contributed by atoms with Gasteiger partial charge in [-0.3, -0.25) is 9.36 Å². The van der Waals surface area contributed by atoms with Crippen molar-refractivity contribution >= 4 is 29.1 Å². The molecule has 37 heavy (non-hydrogen) atoms. The van der Waals surface area contributed by atoms with Crippen LogP contribution in [0, 0.1) is 4.91 Å². The van der Waals surface area contributed by atoms with Gasteiger partial charge in [-0.2, -0.15) is 0 Å². The lowest BCUT2D eigenvalue weighted by atomic mass is 9.96. The fraction of sp³-hybridized carbons (Fsp3) is 0.269. The first-order valence-corrected chi connectivity index (χ1v) is 12.1. The van der Waals surface area contributed by atoms with E-state index in [1.807, 2.05) is 0 Å². The van der Waals surface area contributed by atoms with Crippen molar-refractivity contribution in [1.82, 2.24) is 4.57 Å². The van der Waals surface area contributed by atoms with Gasteiger partial charge in [0.25, 0.3) is 5.56 Å². The second-order valence-electron chi connectivity index (χ2n) is 7.93. The van der Waals surface area contributed by atoms with E-state index in [0.717, 1.165) is 11.3 Å². The van der Waals surface area contributed by atoms with E-state index in [2.05, 4.69) is 10.2 Å². The fourth-order valence-corrected chi connectivity index (χ4v) is 5.15. The van der Waals surface area contributed by atoms with E-state index >= 15 is 0 Å². The second kappa shape index (κ2) is 10.8. The van der Waals surface area contributed by atoms with Crippen molar-refractivity contribution in [3.05, 3.63) is 83.4 Å². The molecule has 1 unspecified atom stereocenters. The van der Waals surface area contributed by atoms with Crippen LogP contribution in [-0.4, -0.2) is 38.5 Å². The number of hydrogen-bond acceptors (Lipinski definition) is 10. The van der Waals surface area contributed by atoms with Gasteiger partial charge in [0.2, 0.25) is 0 Å². The molecule has 0 radical (unpaired) electrons. The average molecular weight is 524 g/mol. The number of hydrogen-bond donors (Lipinski definition) is 0. The van der Waals surface area contributed by atoms with Crippen LogP contribution in [0.25, 0.3) is 6.08 Å². The maximum absolute atomic E-state index is 13.8. The Labute approximate surface area is 216 Å². The maximum Gasteiger partial charge on any atom is 0.338 e. The van der Waals surface area contributed by atoms with Crippen LogP contribution in [-0.2, 0) is 9.53 Å². The molecule has 0 amide bonds. The molecule has 10 nitrogen and oxygen atoms in total. The molecular weight excluding hydrogens is 498 g/mol. The quantitative estimate of drug-likeness (QED) is 0.329. The molecule has 0 spiro atoms. The first kappa shape index (κ1) is 25.8. The van der Waals surface area contributed by atoms with E-state index in [1.165, 1.54) is 24.9 Å². The van der Waals surface area contributed by atoms with E-state index in [0.29, 0.717) is 43.4 Å².